The molecule has 96 valence electrons. The molecule has 0 aromatic heterocycles. The largest absolute Gasteiger partial charge is 0.309 e. The van der Waals surface area contributed by atoms with Crippen LogP contribution < -0.4 is 10.4 Å². The zero-order valence-electron chi connectivity index (χ0n) is 11.6. The lowest BCUT2D eigenvalue weighted by Gasteiger charge is -2.05. The molecular formula is C18H19N. The van der Waals surface area contributed by atoms with Gasteiger partial charge in [-0.15, -0.1) is 0 Å². The second-order valence-corrected chi connectivity index (χ2v) is 5.34. The number of hydrogen-bond acceptors (Lipinski definition) is 1. The summed E-state index contributed by atoms with van der Waals surface area (Å²) in [5.74, 6) is 0. The molecule has 0 spiro atoms. The van der Waals surface area contributed by atoms with Crippen LogP contribution in [-0.2, 0) is 0 Å². The number of rotatable bonds is 3. The minimum atomic E-state index is 1.09. The Bertz CT molecular complexity index is 800. The van der Waals surface area contributed by atoms with Crippen molar-refractivity contribution >= 4 is 12.2 Å². The Balaban J connectivity index is 2.22. The molecule has 3 rings (SSSR count). The fourth-order valence-electron chi connectivity index (χ4n) is 2.69. The topological polar surface area (TPSA) is 3.24 Å². The molecule has 1 heteroatoms. The van der Waals surface area contributed by atoms with Gasteiger partial charge in [-0.2, -0.15) is 0 Å². The van der Waals surface area contributed by atoms with E-state index in [1.54, 1.807) is 0 Å². The third-order valence-electron chi connectivity index (χ3n) is 3.61. The molecule has 0 N–H and O–H groups in total. The van der Waals surface area contributed by atoms with Crippen molar-refractivity contribution in [3.05, 3.63) is 68.9 Å². The lowest BCUT2D eigenvalue weighted by molar-refractivity contribution is 0.421. The van der Waals surface area contributed by atoms with E-state index in [2.05, 4.69) is 73.6 Å². The Morgan fingerprint density at radius 3 is 2.68 bits per heavy atom. The van der Waals surface area contributed by atoms with E-state index >= 15 is 0 Å². The summed E-state index contributed by atoms with van der Waals surface area (Å²) < 4.78 is 0. The van der Waals surface area contributed by atoms with Crippen molar-refractivity contribution < 1.29 is 0 Å². The smallest absolute Gasteiger partial charge is 0.00101 e. The molecule has 0 atom stereocenters. The molecule has 0 unspecified atom stereocenters. The van der Waals surface area contributed by atoms with Gasteiger partial charge in [-0.25, -0.2) is 0 Å². The van der Waals surface area contributed by atoms with Crippen LogP contribution in [0.1, 0.15) is 12.0 Å². The molecule has 2 aromatic carbocycles. The molecule has 0 heterocycles. The number of benzene rings is 2. The Morgan fingerprint density at radius 2 is 1.84 bits per heavy atom. The van der Waals surface area contributed by atoms with Gasteiger partial charge in [0.05, 0.1) is 0 Å². The lowest BCUT2D eigenvalue weighted by Crippen LogP contribution is -2.13. The highest BCUT2D eigenvalue weighted by Gasteiger charge is 2.02. The molecule has 0 saturated carbocycles. The molecule has 0 fully saturated rings. The van der Waals surface area contributed by atoms with E-state index in [0.29, 0.717) is 0 Å². The molecule has 0 aliphatic heterocycles. The Kier molecular flexibility index (Phi) is 3.22. The summed E-state index contributed by atoms with van der Waals surface area (Å²) >= 11 is 0. The third kappa shape index (κ3) is 2.34. The fourth-order valence-corrected chi connectivity index (χ4v) is 2.69. The molecule has 1 aliphatic carbocycles. The minimum absolute atomic E-state index is 1.09. The predicted molar refractivity (Wildman–Crippen MR) is 81.0 cm³/mol. The van der Waals surface area contributed by atoms with Crippen LogP contribution in [0.25, 0.3) is 12.2 Å². The van der Waals surface area contributed by atoms with Gasteiger partial charge in [0.15, 0.2) is 0 Å². The van der Waals surface area contributed by atoms with Gasteiger partial charge in [0.2, 0.25) is 0 Å². The Hall–Kier alpha value is -1.86. The second-order valence-electron chi connectivity index (χ2n) is 5.34. The van der Waals surface area contributed by atoms with Gasteiger partial charge < -0.3 is 4.90 Å². The van der Waals surface area contributed by atoms with Crippen LogP contribution in [0.5, 0.6) is 0 Å². The summed E-state index contributed by atoms with van der Waals surface area (Å²) in [6.45, 7) is 1.09. The van der Waals surface area contributed by atoms with Crippen molar-refractivity contribution in [1.82, 2.24) is 4.90 Å². The van der Waals surface area contributed by atoms with E-state index in [1.165, 1.54) is 26.4 Å². The Morgan fingerprint density at radius 1 is 1.00 bits per heavy atom. The highest BCUT2D eigenvalue weighted by atomic mass is 15.0. The fraction of sp³-hybridized carbons (Fsp3) is 0.222. The van der Waals surface area contributed by atoms with Gasteiger partial charge in [0.25, 0.3) is 0 Å². The minimum Gasteiger partial charge on any atom is -0.309 e. The van der Waals surface area contributed by atoms with Crippen molar-refractivity contribution in [3.8, 4) is 0 Å². The SMILES string of the molecule is CN(C)CCC=c1cccc2c1=c1ccccc1=C2. The van der Waals surface area contributed by atoms with Crippen molar-refractivity contribution in [2.45, 2.75) is 6.42 Å². The third-order valence-corrected chi connectivity index (χ3v) is 3.61. The van der Waals surface area contributed by atoms with Crippen molar-refractivity contribution in [3.63, 3.8) is 0 Å². The van der Waals surface area contributed by atoms with Gasteiger partial charge in [-0.1, -0.05) is 48.5 Å². The van der Waals surface area contributed by atoms with E-state index in [9.17, 15) is 0 Å². The Labute approximate surface area is 113 Å². The monoisotopic (exact) mass is 249 g/mol. The average Bonchev–Trinajstić information content (AvgIpc) is 2.77. The predicted octanol–water partition coefficient (Wildman–Crippen LogP) is 1.85. The molecular weight excluding hydrogens is 230 g/mol. The van der Waals surface area contributed by atoms with Crippen LogP contribution in [-0.4, -0.2) is 25.5 Å². The molecule has 0 radical (unpaired) electrons. The van der Waals surface area contributed by atoms with Gasteiger partial charge in [-0.3, -0.25) is 0 Å². The van der Waals surface area contributed by atoms with Gasteiger partial charge >= 0.3 is 0 Å². The van der Waals surface area contributed by atoms with Gasteiger partial charge in [0.1, 0.15) is 0 Å². The van der Waals surface area contributed by atoms with E-state index in [0.717, 1.165) is 13.0 Å². The van der Waals surface area contributed by atoms with Crippen LogP contribution in [0.2, 0.25) is 0 Å². The van der Waals surface area contributed by atoms with Crippen LogP contribution in [0.15, 0.2) is 42.5 Å². The molecule has 19 heavy (non-hydrogen) atoms. The quantitative estimate of drug-likeness (QED) is 0.685. The maximum absolute atomic E-state index is 2.36. The van der Waals surface area contributed by atoms with Crippen LogP contribution in [0.4, 0.5) is 0 Å². The van der Waals surface area contributed by atoms with Crippen molar-refractivity contribution in [2.75, 3.05) is 20.6 Å². The number of fused-ring (bicyclic) bond motifs is 2. The van der Waals surface area contributed by atoms with Crippen molar-refractivity contribution in [1.29, 1.82) is 0 Å². The first kappa shape index (κ1) is 12.2. The summed E-state index contributed by atoms with van der Waals surface area (Å²) in [5, 5.41) is 5.47. The zero-order valence-corrected chi connectivity index (χ0v) is 11.6. The highest BCUT2D eigenvalue weighted by molar-refractivity contribution is 5.56. The second kappa shape index (κ2) is 5.02. The molecule has 1 aliphatic rings. The standard InChI is InChI=1S/C18H19N/c1-19(2)12-6-10-14-8-5-9-16-13-15-7-3-4-11-17(15)18(14)16/h3-5,7-11,13H,6,12H2,1-2H3. The summed E-state index contributed by atoms with van der Waals surface area (Å²) in [6, 6.07) is 15.2. The maximum Gasteiger partial charge on any atom is 0.00101 e. The van der Waals surface area contributed by atoms with Gasteiger partial charge in [0, 0.05) is 6.54 Å². The lowest BCUT2D eigenvalue weighted by atomic mass is 10.1. The molecule has 1 nitrogen and oxygen atoms in total. The van der Waals surface area contributed by atoms with E-state index in [-0.39, 0.29) is 0 Å². The molecule has 0 saturated heterocycles. The number of hydrogen-bond donors (Lipinski definition) is 0. The normalized spacial score (nSPS) is 13.3. The average molecular weight is 249 g/mol. The van der Waals surface area contributed by atoms with E-state index < -0.39 is 0 Å². The van der Waals surface area contributed by atoms with Crippen molar-refractivity contribution in [2.24, 2.45) is 0 Å². The molecule has 0 bridgehead atoms. The van der Waals surface area contributed by atoms with E-state index in [4.69, 9.17) is 0 Å². The summed E-state index contributed by atoms with van der Waals surface area (Å²) in [7, 11) is 4.23. The first-order chi connectivity index (χ1) is 9.25. The summed E-state index contributed by atoms with van der Waals surface area (Å²) in [6.07, 6.45) is 5.73. The first-order valence-electron chi connectivity index (χ1n) is 6.81. The highest BCUT2D eigenvalue weighted by Crippen LogP contribution is 2.06. The number of nitrogens with zero attached hydrogens (tertiary/aromatic N) is 1. The van der Waals surface area contributed by atoms with Crippen LogP contribution in [0, 0.1) is 10.4 Å². The molecule has 2 aromatic rings. The maximum atomic E-state index is 2.36. The first-order valence-corrected chi connectivity index (χ1v) is 6.81. The van der Waals surface area contributed by atoms with Gasteiger partial charge in [-0.05, 0) is 53.0 Å². The van der Waals surface area contributed by atoms with E-state index in [1.807, 2.05) is 0 Å². The summed E-state index contributed by atoms with van der Waals surface area (Å²) in [5.41, 5.74) is 1.35. The molecule has 0 amide bonds. The van der Waals surface area contributed by atoms with Crippen LogP contribution in [0.3, 0.4) is 0 Å². The zero-order chi connectivity index (χ0) is 13.2. The van der Waals surface area contributed by atoms with Crippen LogP contribution >= 0.6 is 0 Å². The summed E-state index contributed by atoms with van der Waals surface area (Å²) in [4.78, 5) is 2.22.